The highest BCUT2D eigenvalue weighted by atomic mass is 79.9. The molecule has 1 aromatic heterocycles. The summed E-state index contributed by atoms with van der Waals surface area (Å²) in [5, 5.41) is 16.0. The minimum absolute atomic E-state index is 0.00935. The number of benzene rings is 1. The van der Waals surface area contributed by atoms with E-state index in [2.05, 4.69) is 39.4 Å². The van der Waals surface area contributed by atoms with Crippen LogP contribution in [0.15, 0.2) is 40.2 Å². The number of hydrogen-bond donors (Lipinski definition) is 2. The summed E-state index contributed by atoms with van der Waals surface area (Å²) in [7, 11) is 0. The van der Waals surface area contributed by atoms with Crippen LogP contribution in [0.3, 0.4) is 0 Å². The van der Waals surface area contributed by atoms with Crippen molar-refractivity contribution in [2.24, 2.45) is 0 Å². The molecule has 1 aliphatic rings. The van der Waals surface area contributed by atoms with Crippen LogP contribution in [0.4, 0.5) is 0 Å². The zero-order chi connectivity index (χ0) is 12.5. The van der Waals surface area contributed by atoms with E-state index in [4.69, 9.17) is 0 Å². The predicted molar refractivity (Wildman–Crippen MR) is 77.9 cm³/mol. The van der Waals surface area contributed by atoms with E-state index in [1.165, 1.54) is 11.1 Å². The Balaban J connectivity index is 1.97. The fourth-order valence-electron chi connectivity index (χ4n) is 2.49. The first-order chi connectivity index (χ1) is 8.77. The molecule has 0 saturated heterocycles. The molecule has 2 unspecified atom stereocenters. The van der Waals surface area contributed by atoms with Gasteiger partial charge in [-0.1, -0.05) is 24.3 Å². The Morgan fingerprint density at radius 2 is 2.17 bits per heavy atom. The van der Waals surface area contributed by atoms with E-state index in [-0.39, 0.29) is 6.04 Å². The minimum Gasteiger partial charge on any atom is -0.386 e. The first-order valence-electron chi connectivity index (χ1n) is 5.99. The van der Waals surface area contributed by atoms with E-state index < -0.39 is 6.10 Å². The molecule has 4 heteroatoms. The zero-order valence-electron chi connectivity index (χ0n) is 9.77. The third-order valence-corrected chi connectivity index (χ3v) is 5.32. The third-order valence-electron chi connectivity index (χ3n) is 3.38. The van der Waals surface area contributed by atoms with Gasteiger partial charge in [-0.15, -0.1) is 11.3 Å². The molecule has 0 amide bonds. The van der Waals surface area contributed by atoms with Gasteiger partial charge in [0.1, 0.15) is 6.10 Å². The van der Waals surface area contributed by atoms with Gasteiger partial charge in [0.05, 0.1) is 6.04 Å². The van der Waals surface area contributed by atoms with Gasteiger partial charge in [-0.2, -0.15) is 0 Å². The fourth-order valence-corrected chi connectivity index (χ4v) is 4.12. The molecule has 1 aromatic carbocycles. The van der Waals surface area contributed by atoms with Crippen molar-refractivity contribution in [1.82, 2.24) is 5.32 Å². The maximum atomic E-state index is 10.6. The minimum atomic E-state index is -0.499. The number of aliphatic hydroxyl groups is 1. The van der Waals surface area contributed by atoms with Crippen molar-refractivity contribution in [2.75, 3.05) is 6.54 Å². The van der Waals surface area contributed by atoms with Gasteiger partial charge in [0, 0.05) is 9.35 Å². The van der Waals surface area contributed by atoms with Crippen LogP contribution in [0.1, 0.15) is 28.1 Å². The summed E-state index contributed by atoms with van der Waals surface area (Å²) in [5.74, 6) is 0. The van der Waals surface area contributed by atoms with Gasteiger partial charge in [0.25, 0.3) is 0 Å². The monoisotopic (exact) mass is 323 g/mol. The van der Waals surface area contributed by atoms with Crippen molar-refractivity contribution in [3.63, 3.8) is 0 Å². The molecule has 0 aliphatic carbocycles. The number of halogens is 1. The molecule has 1 aliphatic heterocycles. The number of rotatable bonds is 2. The van der Waals surface area contributed by atoms with Crippen molar-refractivity contribution in [3.8, 4) is 0 Å². The van der Waals surface area contributed by atoms with E-state index in [1.807, 2.05) is 17.5 Å². The van der Waals surface area contributed by atoms with Gasteiger partial charge in [0.2, 0.25) is 0 Å². The summed E-state index contributed by atoms with van der Waals surface area (Å²) in [5.41, 5.74) is 2.56. The fraction of sp³-hybridized carbons (Fsp3) is 0.286. The lowest BCUT2D eigenvalue weighted by Crippen LogP contribution is -2.33. The van der Waals surface area contributed by atoms with Crippen LogP contribution in [0.25, 0.3) is 0 Å². The highest BCUT2D eigenvalue weighted by Gasteiger charge is 2.28. The second-order valence-corrected chi connectivity index (χ2v) is 6.26. The van der Waals surface area contributed by atoms with Crippen LogP contribution in [-0.2, 0) is 6.42 Å². The zero-order valence-corrected chi connectivity index (χ0v) is 12.2. The van der Waals surface area contributed by atoms with E-state index >= 15 is 0 Å². The second kappa shape index (κ2) is 5.13. The summed E-state index contributed by atoms with van der Waals surface area (Å²) in [6, 6.07) is 10.3. The molecule has 0 spiro atoms. The van der Waals surface area contributed by atoms with E-state index in [0.29, 0.717) is 0 Å². The average Bonchev–Trinajstić information content (AvgIpc) is 2.83. The highest BCUT2D eigenvalue weighted by Crippen LogP contribution is 2.38. The first-order valence-corrected chi connectivity index (χ1v) is 7.67. The number of fused-ring (bicyclic) bond motifs is 1. The summed E-state index contributed by atoms with van der Waals surface area (Å²) in [4.78, 5) is 0.990. The van der Waals surface area contributed by atoms with Crippen LogP contribution in [0.2, 0.25) is 0 Å². The molecule has 0 radical (unpaired) electrons. The molecule has 0 bridgehead atoms. The molecule has 94 valence electrons. The SMILES string of the molecule is OC(c1sccc1Br)C1NCCc2ccccc21. The molecule has 2 aromatic rings. The molecule has 0 saturated carbocycles. The molecular formula is C14H14BrNOS. The molecule has 0 fully saturated rings. The summed E-state index contributed by atoms with van der Waals surface area (Å²) in [6.45, 7) is 0.918. The Labute approximate surface area is 119 Å². The van der Waals surface area contributed by atoms with Crippen LogP contribution >= 0.6 is 27.3 Å². The maximum absolute atomic E-state index is 10.6. The molecular weight excluding hydrogens is 310 g/mol. The lowest BCUT2D eigenvalue weighted by molar-refractivity contribution is 0.128. The van der Waals surface area contributed by atoms with Crippen LogP contribution in [-0.4, -0.2) is 11.7 Å². The van der Waals surface area contributed by atoms with Crippen LogP contribution in [0, 0.1) is 0 Å². The number of nitrogens with one attached hydrogen (secondary N) is 1. The lowest BCUT2D eigenvalue weighted by Gasteiger charge is -2.30. The molecule has 3 rings (SSSR count). The van der Waals surface area contributed by atoms with Crippen LogP contribution in [0.5, 0.6) is 0 Å². The largest absolute Gasteiger partial charge is 0.386 e. The number of aliphatic hydroxyl groups excluding tert-OH is 1. The van der Waals surface area contributed by atoms with Crippen molar-refractivity contribution < 1.29 is 5.11 Å². The summed E-state index contributed by atoms with van der Waals surface area (Å²) >= 11 is 5.09. The second-order valence-electron chi connectivity index (χ2n) is 4.46. The van der Waals surface area contributed by atoms with Gasteiger partial charge in [0.15, 0.2) is 0 Å². The Morgan fingerprint density at radius 3 is 2.94 bits per heavy atom. The first kappa shape index (κ1) is 12.4. The van der Waals surface area contributed by atoms with Gasteiger partial charge in [-0.05, 0) is 51.5 Å². The molecule has 2 nitrogen and oxygen atoms in total. The maximum Gasteiger partial charge on any atom is 0.109 e. The van der Waals surface area contributed by atoms with Crippen molar-refractivity contribution in [1.29, 1.82) is 0 Å². The number of thiophene rings is 1. The van der Waals surface area contributed by atoms with Crippen molar-refractivity contribution >= 4 is 27.3 Å². The topological polar surface area (TPSA) is 32.3 Å². The summed E-state index contributed by atoms with van der Waals surface area (Å²) < 4.78 is 0.991. The third kappa shape index (κ3) is 2.14. The Kier molecular flexibility index (Phi) is 3.52. The molecule has 2 N–H and O–H groups in total. The number of hydrogen-bond acceptors (Lipinski definition) is 3. The van der Waals surface area contributed by atoms with Crippen molar-refractivity contribution in [3.05, 3.63) is 56.2 Å². The molecule has 18 heavy (non-hydrogen) atoms. The normalized spacial score (nSPS) is 20.4. The lowest BCUT2D eigenvalue weighted by atomic mass is 9.91. The Morgan fingerprint density at radius 1 is 1.33 bits per heavy atom. The van der Waals surface area contributed by atoms with Gasteiger partial charge < -0.3 is 10.4 Å². The van der Waals surface area contributed by atoms with Gasteiger partial charge >= 0.3 is 0 Å². The Bertz CT molecular complexity index is 554. The highest BCUT2D eigenvalue weighted by molar-refractivity contribution is 9.10. The van der Waals surface area contributed by atoms with E-state index in [0.717, 1.165) is 22.3 Å². The van der Waals surface area contributed by atoms with Gasteiger partial charge in [-0.3, -0.25) is 0 Å². The van der Waals surface area contributed by atoms with E-state index in [9.17, 15) is 5.11 Å². The Hall–Kier alpha value is -0.680. The average molecular weight is 324 g/mol. The van der Waals surface area contributed by atoms with Gasteiger partial charge in [-0.25, -0.2) is 0 Å². The van der Waals surface area contributed by atoms with E-state index in [1.54, 1.807) is 11.3 Å². The quantitative estimate of drug-likeness (QED) is 0.887. The molecule has 2 atom stereocenters. The summed E-state index contributed by atoms with van der Waals surface area (Å²) in [6.07, 6.45) is 0.534. The van der Waals surface area contributed by atoms with Crippen molar-refractivity contribution in [2.45, 2.75) is 18.6 Å². The standard InChI is InChI=1S/C14H14BrNOS/c15-11-6-8-18-14(11)13(17)12-10-4-2-1-3-9(10)5-7-16-12/h1-4,6,8,12-13,16-17H,5,7H2. The van der Waals surface area contributed by atoms with Crippen LogP contribution < -0.4 is 5.32 Å². The molecule has 2 heterocycles. The predicted octanol–water partition coefficient (Wildman–Crippen LogP) is 3.43. The smallest absolute Gasteiger partial charge is 0.109 e.